The second-order valence-corrected chi connectivity index (χ2v) is 6.95. The third-order valence-electron chi connectivity index (χ3n) is 4.56. The molecule has 0 aromatic heterocycles. The van der Waals surface area contributed by atoms with Crippen LogP contribution in [0.15, 0.2) is 24.3 Å². The predicted molar refractivity (Wildman–Crippen MR) is 99.8 cm³/mol. The second kappa shape index (κ2) is 13.0. The molecule has 0 spiro atoms. The standard InChI is InChI=1S/C20H34O6/c1-2-3-4-5-6-7-9-15(21)12-13-16(22)19-14-17(23)18(26-19)10-8-11-20(24)25/h6-7,12-13,15-19,21-23H,2-5,8-11,14H2,1H3,(H,24,25)/b7-6-,13-12-/t15-,16+,17+,18-,19-/m0/s1. The Bertz CT molecular complexity index is 448. The van der Waals surface area contributed by atoms with Crippen molar-refractivity contribution < 1.29 is 30.0 Å². The molecule has 6 nitrogen and oxygen atoms in total. The molecule has 1 aliphatic rings. The van der Waals surface area contributed by atoms with E-state index >= 15 is 0 Å². The third-order valence-corrected chi connectivity index (χ3v) is 4.56. The number of aliphatic hydroxyl groups is 3. The minimum Gasteiger partial charge on any atom is -0.481 e. The molecule has 1 aliphatic heterocycles. The monoisotopic (exact) mass is 370 g/mol. The fourth-order valence-corrected chi connectivity index (χ4v) is 3.01. The maximum Gasteiger partial charge on any atom is 0.303 e. The Kier molecular flexibility index (Phi) is 11.4. The van der Waals surface area contributed by atoms with Gasteiger partial charge in [0.05, 0.1) is 30.5 Å². The second-order valence-electron chi connectivity index (χ2n) is 6.95. The largest absolute Gasteiger partial charge is 0.481 e. The third kappa shape index (κ3) is 9.48. The van der Waals surface area contributed by atoms with E-state index in [4.69, 9.17) is 9.84 Å². The molecule has 1 rings (SSSR count). The molecule has 4 N–H and O–H groups in total. The Morgan fingerprint density at radius 2 is 1.96 bits per heavy atom. The van der Waals surface area contributed by atoms with Gasteiger partial charge in [-0.3, -0.25) is 4.79 Å². The molecule has 0 aromatic rings. The van der Waals surface area contributed by atoms with E-state index in [0.717, 1.165) is 12.8 Å². The highest BCUT2D eigenvalue weighted by atomic mass is 16.5. The molecule has 0 amide bonds. The van der Waals surface area contributed by atoms with Crippen molar-refractivity contribution in [3.05, 3.63) is 24.3 Å². The van der Waals surface area contributed by atoms with Gasteiger partial charge in [-0.05, 0) is 32.1 Å². The first-order valence-corrected chi connectivity index (χ1v) is 9.68. The summed E-state index contributed by atoms with van der Waals surface area (Å²) in [7, 11) is 0. The van der Waals surface area contributed by atoms with Gasteiger partial charge in [-0.25, -0.2) is 0 Å². The molecular weight excluding hydrogens is 336 g/mol. The van der Waals surface area contributed by atoms with Crippen LogP contribution >= 0.6 is 0 Å². The Morgan fingerprint density at radius 3 is 2.65 bits per heavy atom. The van der Waals surface area contributed by atoms with Crippen LogP contribution in [-0.2, 0) is 9.53 Å². The lowest BCUT2D eigenvalue weighted by molar-refractivity contribution is -0.137. The quantitative estimate of drug-likeness (QED) is 0.293. The molecule has 150 valence electrons. The first-order valence-electron chi connectivity index (χ1n) is 9.68. The normalized spacial score (nSPS) is 25.9. The lowest BCUT2D eigenvalue weighted by Crippen LogP contribution is -2.25. The Labute approximate surface area is 156 Å². The minimum absolute atomic E-state index is 0.0395. The fourth-order valence-electron chi connectivity index (χ4n) is 3.01. The zero-order valence-corrected chi connectivity index (χ0v) is 15.7. The van der Waals surface area contributed by atoms with Crippen LogP contribution < -0.4 is 0 Å². The van der Waals surface area contributed by atoms with Crippen LogP contribution in [0.2, 0.25) is 0 Å². The summed E-state index contributed by atoms with van der Waals surface area (Å²) in [6.07, 6.45) is 10.1. The SMILES string of the molecule is CCCCC/C=C\C[C@H](O)/C=C\[C@@H](O)[C@@H]1C[C@@H](O)[C@H](CCCC(=O)O)O1. The summed E-state index contributed by atoms with van der Waals surface area (Å²) in [6, 6.07) is 0. The van der Waals surface area contributed by atoms with Crippen molar-refractivity contribution in [3.8, 4) is 0 Å². The Hall–Kier alpha value is -1.21. The smallest absolute Gasteiger partial charge is 0.303 e. The fraction of sp³-hybridized carbons (Fsp3) is 0.750. The van der Waals surface area contributed by atoms with E-state index in [-0.39, 0.29) is 6.42 Å². The van der Waals surface area contributed by atoms with E-state index in [2.05, 4.69) is 13.0 Å². The van der Waals surface area contributed by atoms with E-state index in [1.165, 1.54) is 18.9 Å². The van der Waals surface area contributed by atoms with Gasteiger partial charge in [0.15, 0.2) is 0 Å². The maximum absolute atomic E-state index is 10.5. The average Bonchev–Trinajstić information content (AvgIpc) is 2.96. The Morgan fingerprint density at radius 1 is 1.19 bits per heavy atom. The van der Waals surface area contributed by atoms with Crippen molar-refractivity contribution in [1.29, 1.82) is 0 Å². The number of hydrogen-bond acceptors (Lipinski definition) is 5. The van der Waals surface area contributed by atoms with Crippen LogP contribution in [0.5, 0.6) is 0 Å². The summed E-state index contributed by atoms with van der Waals surface area (Å²) in [5.41, 5.74) is 0. The maximum atomic E-state index is 10.5. The molecule has 0 radical (unpaired) electrons. The summed E-state index contributed by atoms with van der Waals surface area (Å²) >= 11 is 0. The van der Waals surface area contributed by atoms with E-state index in [0.29, 0.717) is 25.7 Å². The number of ether oxygens (including phenoxy) is 1. The van der Waals surface area contributed by atoms with Gasteiger partial charge in [-0.15, -0.1) is 0 Å². The van der Waals surface area contributed by atoms with Crippen molar-refractivity contribution in [2.45, 2.75) is 95.2 Å². The van der Waals surface area contributed by atoms with Gasteiger partial charge in [-0.2, -0.15) is 0 Å². The van der Waals surface area contributed by atoms with E-state index in [1.807, 2.05) is 6.08 Å². The first kappa shape index (κ1) is 22.8. The number of carbonyl (C=O) groups is 1. The zero-order valence-electron chi connectivity index (χ0n) is 15.7. The van der Waals surface area contributed by atoms with Crippen LogP contribution in [0.4, 0.5) is 0 Å². The van der Waals surface area contributed by atoms with Crippen molar-refractivity contribution in [3.63, 3.8) is 0 Å². The van der Waals surface area contributed by atoms with Crippen molar-refractivity contribution in [2.75, 3.05) is 0 Å². The van der Waals surface area contributed by atoms with E-state index in [1.54, 1.807) is 6.08 Å². The lowest BCUT2D eigenvalue weighted by Gasteiger charge is -2.17. The average molecular weight is 370 g/mol. The van der Waals surface area contributed by atoms with E-state index < -0.39 is 36.5 Å². The molecule has 0 aliphatic carbocycles. The molecule has 1 heterocycles. The topological polar surface area (TPSA) is 107 Å². The summed E-state index contributed by atoms with van der Waals surface area (Å²) in [6.45, 7) is 2.16. The summed E-state index contributed by atoms with van der Waals surface area (Å²) in [5.74, 6) is -0.870. The number of aliphatic carboxylic acids is 1. The Balaban J connectivity index is 2.29. The van der Waals surface area contributed by atoms with Gasteiger partial charge in [0.2, 0.25) is 0 Å². The molecular formula is C20H34O6. The number of aliphatic hydroxyl groups excluding tert-OH is 3. The van der Waals surface area contributed by atoms with Gasteiger partial charge in [0.1, 0.15) is 0 Å². The molecule has 0 unspecified atom stereocenters. The molecule has 5 atom stereocenters. The number of carboxylic acid groups (broad SMARTS) is 1. The van der Waals surface area contributed by atoms with Crippen LogP contribution in [0, 0.1) is 0 Å². The number of hydrogen-bond donors (Lipinski definition) is 4. The van der Waals surface area contributed by atoms with Crippen molar-refractivity contribution in [1.82, 2.24) is 0 Å². The molecule has 1 saturated heterocycles. The van der Waals surface area contributed by atoms with Crippen LogP contribution in [0.1, 0.15) is 64.7 Å². The molecule has 0 saturated carbocycles. The molecule has 1 fully saturated rings. The summed E-state index contributed by atoms with van der Waals surface area (Å²) < 4.78 is 5.65. The number of unbranched alkanes of at least 4 members (excludes halogenated alkanes) is 3. The number of allylic oxidation sites excluding steroid dienone is 1. The van der Waals surface area contributed by atoms with Crippen LogP contribution in [-0.4, -0.2) is 56.9 Å². The van der Waals surface area contributed by atoms with Gasteiger partial charge in [0.25, 0.3) is 0 Å². The molecule has 0 bridgehead atoms. The number of carboxylic acids is 1. The zero-order chi connectivity index (χ0) is 19.4. The van der Waals surface area contributed by atoms with Gasteiger partial charge in [0, 0.05) is 12.8 Å². The highest BCUT2D eigenvalue weighted by molar-refractivity contribution is 5.66. The molecule has 0 aromatic carbocycles. The minimum atomic E-state index is -0.905. The first-order chi connectivity index (χ1) is 12.4. The molecule has 26 heavy (non-hydrogen) atoms. The summed E-state index contributed by atoms with van der Waals surface area (Å²) in [5, 5.41) is 38.7. The van der Waals surface area contributed by atoms with Gasteiger partial charge in [-0.1, -0.05) is 44.1 Å². The van der Waals surface area contributed by atoms with Gasteiger partial charge >= 0.3 is 5.97 Å². The number of rotatable bonds is 13. The van der Waals surface area contributed by atoms with Crippen molar-refractivity contribution in [2.24, 2.45) is 0 Å². The summed E-state index contributed by atoms with van der Waals surface area (Å²) in [4.78, 5) is 10.5. The highest BCUT2D eigenvalue weighted by Crippen LogP contribution is 2.27. The van der Waals surface area contributed by atoms with Gasteiger partial charge < -0.3 is 25.2 Å². The predicted octanol–water partition coefficient (Wildman–Crippen LogP) is 2.56. The van der Waals surface area contributed by atoms with Crippen LogP contribution in [0.25, 0.3) is 0 Å². The van der Waals surface area contributed by atoms with E-state index in [9.17, 15) is 20.1 Å². The molecule has 6 heteroatoms. The van der Waals surface area contributed by atoms with Crippen LogP contribution in [0.3, 0.4) is 0 Å². The van der Waals surface area contributed by atoms with Crippen molar-refractivity contribution >= 4 is 5.97 Å². The highest BCUT2D eigenvalue weighted by Gasteiger charge is 2.36. The lowest BCUT2D eigenvalue weighted by atomic mass is 10.0.